The van der Waals surface area contributed by atoms with E-state index in [9.17, 15) is 10.1 Å². The fraction of sp³-hybridized carbons (Fsp3) is 0.333. The van der Waals surface area contributed by atoms with E-state index >= 15 is 0 Å². The summed E-state index contributed by atoms with van der Waals surface area (Å²) in [6.45, 7) is 0.562. The van der Waals surface area contributed by atoms with Crippen molar-refractivity contribution in [3.05, 3.63) is 34.4 Å². The molecule has 0 aliphatic heterocycles. The SMILES string of the molecule is O=[N+]([O-])c1cccc(OCCCBr)c1. The van der Waals surface area contributed by atoms with Crippen LogP contribution in [0.15, 0.2) is 24.3 Å². The molecule has 0 saturated heterocycles. The third kappa shape index (κ3) is 3.33. The van der Waals surface area contributed by atoms with Gasteiger partial charge in [-0.1, -0.05) is 22.0 Å². The van der Waals surface area contributed by atoms with Crippen LogP contribution in [0, 0.1) is 10.1 Å². The third-order valence-corrected chi connectivity index (χ3v) is 2.14. The summed E-state index contributed by atoms with van der Waals surface area (Å²) in [4.78, 5) is 9.99. The van der Waals surface area contributed by atoms with Gasteiger partial charge >= 0.3 is 0 Å². The number of rotatable bonds is 5. The summed E-state index contributed by atoms with van der Waals surface area (Å²) in [5, 5.41) is 11.3. The zero-order valence-corrected chi connectivity index (χ0v) is 9.07. The largest absolute Gasteiger partial charge is 0.493 e. The number of hydrogen-bond acceptors (Lipinski definition) is 3. The molecule has 0 aliphatic carbocycles. The zero-order chi connectivity index (χ0) is 10.4. The van der Waals surface area contributed by atoms with Gasteiger partial charge in [-0.05, 0) is 12.5 Å². The van der Waals surface area contributed by atoms with E-state index in [1.54, 1.807) is 12.1 Å². The Morgan fingerprint density at radius 2 is 2.29 bits per heavy atom. The lowest BCUT2D eigenvalue weighted by atomic mass is 10.3. The average Bonchev–Trinajstić information content (AvgIpc) is 2.19. The Hall–Kier alpha value is -1.10. The highest BCUT2D eigenvalue weighted by atomic mass is 79.9. The molecule has 1 aromatic carbocycles. The standard InChI is InChI=1S/C9H10BrNO3/c10-5-2-6-14-9-4-1-3-8(7-9)11(12)13/h1,3-4,7H,2,5-6H2. The first-order chi connectivity index (χ1) is 6.74. The van der Waals surface area contributed by atoms with Crippen molar-refractivity contribution < 1.29 is 9.66 Å². The molecule has 0 bridgehead atoms. The molecule has 76 valence electrons. The molecule has 14 heavy (non-hydrogen) atoms. The van der Waals surface area contributed by atoms with Crippen LogP contribution in [0.5, 0.6) is 5.75 Å². The van der Waals surface area contributed by atoms with Crippen molar-refractivity contribution in [3.8, 4) is 5.75 Å². The third-order valence-electron chi connectivity index (χ3n) is 1.58. The monoisotopic (exact) mass is 259 g/mol. The van der Waals surface area contributed by atoms with Gasteiger partial charge in [0.2, 0.25) is 0 Å². The molecule has 4 nitrogen and oxygen atoms in total. The lowest BCUT2D eigenvalue weighted by molar-refractivity contribution is -0.384. The van der Waals surface area contributed by atoms with Gasteiger partial charge < -0.3 is 4.74 Å². The molecule has 0 amide bonds. The molecule has 0 unspecified atom stereocenters. The molecule has 0 saturated carbocycles. The van der Waals surface area contributed by atoms with Crippen LogP contribution < -0.4 is 4.74 Å². The van der Waals surface area contributed by atoms with E-state index in [2.05, 4.69) is 15.9 Å². The van der Waals surface area contributed by atoms with Crippen LogP contribution in [-0.4, -0.2) is 16.9 Å². The van der Waals surface area contributed by atoms with Crippen molar-refractivity contribution in [1.29, 1.82) is 0 Å². The van der Waals surface area contributed by atoms with E-state index in [0.717, 1.165) is 11.8 Å². The smallest absolute Gasteiger partial charge is 0.273 e. The first-order valence-electron chi connectivity index (χ1n) is 4.17. The maximum Gasteiger partial charge on any atom is 0.273 e. The second-order valence-electron chi connectivity index (χ2n) is 2.65. The Morgan fingerprint density at radius 3 is 2.93 bits per heavy atom. The predicted molar refractivity (Wildman–Crippen MR) is 57.0 cm³/mol. The van der Waals surface area contributed by atoms with E-state index in [-0.39, 0.29) is 5.69 Å². The predicted octanol–water partition coefficient (Wildman–Crippen LogP) is 2.76. The Balaban J connectivity index is 2.59. The fourth-order valence-electron chi connectivity index (χ4n) is 0.931. The second-order valence-corrected chi connectivity index (χ2v) is 3.44. The van der Waals surface area contributed by atoms with E-state index in [0.29, 0.717) is 12.4 Å². The van der Waals surface area contributed by atoms with Gasteiger partial charge in [-0.2, -0.15) is 0 Å². The molecule has 0 aromatic heterocycles. The van der Waals surface area contributed by atoms with Crippen LogP contribution in [0.4, 0.5) is 5.69 Å². The van der Waals surface area contributed by atoms with Crippen LogP contribution in [0.25, 0.3) is 0 Å². The van der Waals surface area contributed by atoms with E-state index in [1.807, 2.05) is 0 Å². The van der Waals surface area contributed by atoms with Gasteiger partial charge in [0.25, 0.3) is 5.69 Å². The van der Waals surface area contributed by atoms with Crippen LogP contribution in [0.3, 0.4) is 0 Å². The Bertz CT molecular complexity index is 317. The number of nitro groups is 1. The minimum atomic E-state index is -0.433. The highest BCUT2D eigenvalue weighted by Gasteiger charge is 2.05. The van der Waals surface area contributed by atoms with Gasteiger partial charge in [-0.25, -0.2) is 0 Å². The van der Waals surface area contributed by atoms with Crippen molar-refractivity contribution in [1.82, 2.24) is 0 Å². The number of halogens is 1. The van der Waals surface area contributed by atoms with Crippen LogP contribution in [0.1, 0.15) is 6.42 Å². The summed E-state index contributed by atoms with van der Waals surface area (Å²) in [5.74, 6) is 0.542. The van der Waals surface area contributed by atoms with Gasteiger partial charge in [0.15, 0.2) is 0 Å². The van der Waals surface area contributed by atoms with Gasteiger partial charge in [0.05, 0.1) is 17.6 Å². The lowest BCUT2D eigenvalue weighted by Gasteiger charge is -2.03. The van der Waals surface area contributed by atoms with Crippen LogP contribution >= 0.6 is 15.9 Å². The highest BCUT2D eigenvalue weighted by molar-refractivity contribution is 9.09. The molecule has 1 aromatic rings. The van der Waals surface area contributed by atoms with E-state index < -0.39 is 4.92 Å². The van der Waals surface area contributed by atoms with E-state index in [1.165, 1.54) is 12.1 Å². The van der Waals surface area contributed by atoms with Crippen molar-refractivity contribution in [3.63, 3.8) is 0 Å². The van der Waals surface area contributed by atoms with Gasteiger partial charge in [0.1, 0.15) is 5.75 Å². The average molecular weight is 260 g/mol. The van der Waals surface area contributed by atoms with Crippen LogP contribution in [-0.2, 0) is 0 Å². The molecule has 0 aliphatic rings. The summed E-state index contributed by atoms with van der Waals surface area (Å²) >= 11 is 3.27. The number of ether oxygens (including phenoxy) is 1. The van der Waals surface area contributed by atoms with Gasteiger partial charge in [-0.15, -0.1) is 0 Å². The number of alkyl halides is 1. The number of hydrogen-bond donors (Lipinski definition) is 0. The Kier molecular flexibility index (Phi) is 4.39. The second kappa shape index (κ2) is 5.59. The lowest BCUT2D eigenvalue weighted by Crippen LogP contribution is -1.98. The molecule has 0 N–H and O–H groups in total. The minimum absolute atomic E-state index is 0.0568. The minimum Gasteiger partial charge on any atom is -0.493 e. The number of non-ortho nitro benzene ring substituents is 1. The summed E-state index contributed by atoms with van der Waals surface area (Å²) < 4.78 is 5.30. The topological polar surface area (TPSA) is 52.4 Å². The quantitative estimate of drug-likeness (QED) is 0.354. The molecule has 1 rings (SSSR count). The molecule has 0 fully saturated rings. The normalized spacial score (nSPS) is 9.79. The van der Waals surface area contributed by atoms with Crippen molar-refractivity contribution >= 4 is 21.6 Å². The maximum atomic E-state index is 10.4. The van der Waals surface area contributed by atoms with Crippen molar-refractivity contribution in [2.75, 3.05) is 11.9 Å². The summed E-state index contributed by atoms with van der Waals surface area (Å²) in [7, 11) is 0. The first-order valence-corrected chi connectivity index (χ1v) is 5.29. The van der Waals surface area contributed by atoms with Gasteiger partial charge in [0, 0.05) is 11.4 Å². The van der Waals surface area contributed by atoms with Crippen molar-refractivity contribution in [2.45, 2.75) is 6.42 Å². The molecule has 0 radical (unpaired) electrons. The van der Waals surface area contributed by atoms with E-state index in [4.69, 9.17) is 4.74 Å². The number of nitro benzene ring substituents is 1. The number of nitrogens with zero attached hydrogens (tertiary/aromatic N) is 1. The molecule has 0 atom stereocenters. The Labute approximate surface area is 90.2 Å². The summed E-state index contributed by atoms with van der Waals surface area (Å²) in [6, 6.07) is 6.19. The summed E-state index contributed by atoms with van der Waals surface area (Å²) in [5.41, 5.74) is 0.0568. The maximum absolute atomic E-state index is 10.4. The first kappa shape index (κ1) is 11.0. The molecular weight excluding hydrogens is 250 g/mol. The van der Waals surface area contributed by atoms with Crippen molar-refractivity contribution in [2.24, 2.45) is 0 Å². The molecule has 0 heterocycles. The fourth-order valence-corrected chi connectivity index (χ4v) is 1.16. The zero-order valence-electron chi connectivity index (χ0n) is 7.48. The number of benzene rings is 1. The van der Waals surface area contributed by atoms with Gasteiger partial charge in [-0.3, -0.25) is 10.1 Å². The summed E-state index contributed by atoms with van der Waals surface area (Å²) in [6.07, 6.45) is 0.878. The molecular formula is C9H10BrNO3. The Morgan fingerprint density at radius 1 is 1.50 bits per heavy atom. The molecule has 0 spiro atoms. The highest BCUT2D eigenvalue weighted by Crippen LogP contribution is 2.19. The van der Waals surface area contributed by atoms with Crippen LogP contribution in [0.2, 0.25) is 0 Å². The molecule has 5 heteroatoms.